The van der Waals surface area contributed by atoms with Gasteiger partial charge in [0.15, 0.2) is 0 Å². The number of hydrogen-bond acceptors (Lipinski definition) is 10. The van der Waals surface area contributed by atoms with E-state index >= 15 is 0 Å². The average molecular weight is 1010 g/mol. The third kappa shape index (κ3) is 14.8. The molecule has 9 aliphatic rings. The number of nitrogens with one attached hydrogen (secondary N) is 8. The third-order valence-corrected chi connectivity index (χ3v) is 21.5. The van der Waals surface area contributed by atoms with E-state index in [2.05, 4.69) is 97.9 Å². The van der Waals surface area contributed by atoms with Crippen molar-refractivity contribution in [2.24, 2.45) is 82.9 Å². The fourth-order valence-electron chi connectivity index (χ4n) is 17.1. The molecule has 9 fully saturated rings. The van der Waals surface area contributed by atoms with Gasteiger partial charge in [-0.1, -0.05) is 171 Å². The van der Waals surface area contributed by atoms with Crippen LogP contribution in [0.4, 0.5) is 0 Å². The number of ether oxygens (including phenoxy) is 2. The fourth-order valence-corrected chi connectivity index (χ4v) is 17.1. The van der Waals surface area contributed by atoms with E-state index in [0.29, 0.717) is 96.2 Å². The smallest absolute Gasteiger partial charge is 0.0840 e. The van der Waals surface area contributed by atoms with Crippen molar-refractivity contribution in [1.29, 1.82) is 0 Å². The van der Waals surface area contributed by atoms with Gasteiger partial charge in [-0.2, -0.15) is 0 Å². The molecule has 5 aliphatic heterocycles. The Morgan fingerprint density at radius 2 is 0.514 bits per heavy atom. The zero-order valence-corrected chi connectivity index (χ0v) is 47.9. The van der Waals surface area contributed by atoms with E-state index in [0.717, 1.165) is 62.6 Å². The highest BCUT2D eigenvalue weighted by Crippen LogP contribution is 2.47. The largest absolute Gasteiger partial charge is 0.375 e. The van der Waals surface area contributed by atoms with Crippen LogP contribution in [0.3, 0.4) is 0 Å². The lowest BCUT2D eigenvalue weighted by atomic mass is 9.75. The van der Waals surface area contributed by atoms with Crippen LogP contribution < -0.4 is 42.5 Å². The summed E-state index contributed by atoms with van der Waals surface area (Å²) in [6.07, 6.45) is 39.9. The van der Waals surface area contributed by atoms with E-state index in [-0.39, 0.29) is 24.5 Å². The first kappa shape index (κ1) is 56.3. The molecule has 10 heteroatoms. The predicted octanol–water partition coefficient (Wildman–Crippen LogP) is 11.9. The topological polar surface area (TPSA) is 115 Å². The van der Waals surface area contributed by atoms with Crippen LogP contribution >= 0.6 is 0 Å². The van der Waals surface area contributed by atoms with Crippen LogP contribution in [-0.2, 0) is 9.47 Å². The van der Waals surface area contributed by atoms with Crippen LogP contribution in [0, 0.1) is 82.9 Å². The SMILES string of the molecule is CC(C)CCCC(C)CCCC(C)CCOC1CC2C3NC4NC(NC5NC(NC6NC(NC(N3)C2CC1OCCC(C)CCCC(C)CCCC(C)C)C1CCCCC61)C1CCCCC51)C1CCCCC41. The lowest BCUT2D eigenvalue weighted by Crippen LogP contribution is -2.61. The minimum atomic E-state index is 0.139. The monoisotopic (exact) mass is 1000 g/mol. The molecule has 5 saturated heterocycles. The molecule has 4 aliphatic carbocycles. The van der Waals surface area contributed by atoms with Crippen molar-refractivity contribution in [1.82, 2.24) is 42.5 Å². The maximum absolute atomic E-state index is 7.22. The second kappa shape index (κ2) is 27.5. The highest BCUT2D eigenvalue weighted by Gasteiger charge is 2.56. The summed E-state index contributed by atoms with van der Waals surface area (Å²) in [6.45, 7) is 21.1. The Morgan fingerprint density at radius 1 is 0.292 bits per heavy atom. The minimum absolute atomic E-state index is 0.139. The van der Waals surface area contributed by atoms with E-state index in [9.17, 15) is 0 Å². The van der Waals surface area contributed by atoms with E-state index < -0.39 is 0 Å². The van der Waals surface area contributed by atoms with Crippen molar-refractivity contribution >= 4 is 0 Å². The lowest BCUT2D eigenvalue weighted by molar-refractivity contribution is -0.120. The molecule has 0 aromatic rings. The molecule has 22 atom stereocenters. The molecule has 0 aromatic heterocycles. The first-order valence-corrected chi connectivity index (χ1v) is 32.3. The summed E-state index contributed by atoms with van der Waals surface area (Å²) in [5, 5.41) is 34.8. The van der Waals surface area contributed by atoms with Crippen LogP contribution in [-0.4, -0.2) is 74.7 Å². The molecule has 72 heavy (non-hydrogen) atoms. The third-order valence-electron chi connectivity index (χ3n) is 21.5. The molecule has 10 nitrogen and oxygen atoms in total. The molecular weight excluding hydrogens is 889 g/mol. The molecule has 22 unspecified atom stereocenters. The van der Waals surface area contributed by atoms with Gasteiger partial charge in [0.05, 0.1) is 61.5 Å². The normalized spacial score (nSPS) is 41.4. The van der Waals surface area contributed by atoms with Crippen LogP contribution in [0.5, 0.6) is 0 Å². The van der Waals surface area contributed by atoms with Gasteiger partial charge >= 0.3 is 0 Å². The van der Waals surface area contributed by atoms with Gasteiger partial charge < -0.3 is 9.47 Å². The maximum Gasteiger partial charge on any atom is 0.0840 e. The molecule has 0 aromatic carbocycles. The first-order valence-electron chi connectivity index (χ1n) is 32.3. The van der Waals surface area contributed by atoms with Crippen LogP contribution in [0.1, 0.15) is 235 Å². The molecule has 0 radical (unpaired) electrons. The van der Waals surface area contributed by atoms with Gasteiger partial charge in [0, 0.05) is 13.2 Å². The molecule has 0 amide bonds. The molecule has 416 valence electrons. The highest BCUT2D eigenvalue weighted by molar-refractivity contribution is 5.09. The Labute approximate surface area is 443 Å². The second-order valence-electron chi connectivity index (χ2n) is 28.1. The molecule has 5 heterocycles. The number of hydrogen-bond donors (Lipinski definition) is 8. The summed E-state index contributed by atoms with van der Waals surface area (Å²) in [7, 11) is 0. The summed E-state index contributed by atoms with van der Waals surface area (Å²) in [5.74, 6) is 9.76. The maximum atomic E-state index is 7.22. The van der Waals surface area contributed by atoms with Crippen molar-refractivity contribution in [3.63, 3.8) is 0 Å². The predicted molar refractivity (Wildman–Crippen MR) is 298 cm³/mol. The molecule has 8 bridgehead atoms. The van der Waals surface area contributed by atoms with Gasteiger partial charge in [0.25, 0.3) is 0 Å². The second-order valence-corrected chi connectivity index (χ2v) is 28.1. The standard InChI is InChI=1S/C62H116N8O2/c1-39(2)19-15-21-41(5)23-17-25-43(7)33-35-71-53-37-51-52(38-54(53)72-36-34-44(8)26-18-24-42(6)22-16-20-40(3)4)62-69-60-50-32-14-12-30-48(50)58(67-60)65-56-46-28-10-9-27-45(46)55(63-56)64-57-47-29-11-13-31-49(47)59(66-57)68-61(51)70-62/h39-70H,9-38H2,1-8H3. The zero-order chi connectivity index (χ0) is 50.1. The Balaban J connectivity index is 0.891. The van der Waals surface area contributed by atoms with Crippen molar-refractivity contribution in [2.75, 3.05) is 13.2 Å². The quantitative estimate of drug-likeness (QED) is 0.0476. The Kier molecular flexibility index (Phi) is 21.5. The van der Waals surface area contributed by atoms with Gasteiger partial charge in [-0.05, 0) is 147 Å². The molecule has 9 rings (SSSR count). The van der Waals surface area contributed by atoms with Crippen molar-refractivity contribution in [3.8, 4) is 0 Å². The summed E-state index contributed by atoms with van der Waals surface area (Å²) in [4.78, 5) is 0. The van der Waals surface area contributed by atoms with Gasteiger partial charge in [-0.25, -0.2) is 0 Å². The molecule has 0 spiro atoms. The molecular formula is C62H116N8O2. The van der Waals surface area contributed by atoms with E-state index in [1.54, 1.807) is 0 Å². The van der Waals surface area contributed by atoms with Gasteiger partial charge in [0.2, 0.25) is 0 Å². The number of rotatable bonds is 24. The molecule has 4 saturated carbocycles. The Hall–Kier alpha value is -0.400. The molecule has 8 N–H and O–H groups in total. The van der Waals surface area contributed by atoms with E-state index in [4.69, 9.17) is 9.47 Å². The van der Waals surface area contributed by atoms with Crippen LogP contribution in [0.2, 0.25) is 0 Å². The van der Waals surface area contributed by atoms with Crippen molar-refractivity contribution < 1.29 is 9.47 Å². The van der Waals surface area contributed by atoms with Crippen molar-refractivity contribution in [2.45, 2.75) is 297 Å². The van der Waals surface area contributed by atoms with Crippen LogP contribution in [0.15, 0.2) is 0 Å². The van der Waals surface area contributed by atoms with Gasteiger partial charge in [-0.3, -0.25) is 42.5 Å². The average Bonchev–Trinajstić information content (AvgIpc) is 4.09. The van der Waals surface area contributed by atoms with Gasteiger partial charge in [-0.15, -0.1) is 0 Å². The summed E-state index contributed by atoms with van der Waals surface area (Å²) in [5.41, 5.74) is 0. The first-order chi connectivity index (χ1) is 35.0. The zero-order valence-electron chi connectivity index (χ0n) is 47.9. The van der Waals surface area contributed by atoms with Crippen LogP contribution in [0.25, 0.3) is 0 Å². The summed E-state index contributed by atoms with van der Waals surface area (Å²) in [6, 6.07) is 0. The Morgan fingerprint density at radius 3 is 0.764 bits per heavy atom. The Bertz CT molecular complexity index is 1460. The van der Waals surface area contributed by atoms with E-state index in [1.165, 1.54) is 154 Å². The van der Waals surface area contributed by atoms with E-state index in [1.807, 2.05) is 0 Å². The fraction of sp³-hybridized carbons (Fsp3) is 1.00. The minimum Gasteiger partial charge on any atom is -0.375 e. The summed E-state index contributed by atoms with van der Waals surface area (Å²) >= 11 is 0. The summed E-state index contributed by atoms with van der Waals surface area (Å²) < 4.78 is 14.4. The van der Waals surface area contributed by atoms with Crippen molar-refractivity contribution in [3.05, 3.63) is 0 Å². The highest BCUT2D eigenvalue weighted by atomic mass is 16.5. The van der Waals surface area contributed by atoms with Gasteiger partial charge in [0.1, 0.15) is 0 Å². The number of fused-ring (bicyclic) bond motifs is 20. The lowest BCUT2D eigenvalue weighted by Gasteiger charge is -2.42.